The molecule has 0 saturated carbocycles. The predicted octanol–water partition coefficient (Wildman–Crippen LogP) is 4.55. The highest BCUT2D eigenvalue weighted by Gasteiger charge is 2.32. The lowest BCUT2D eigenvalue weighted by Gasteiger charge is -2.36. The lowest BCUT2D eigenvalue weighted by molar-refractivity contribution is -0.155. The van der Waals surface area contributed by atoms with E-state index in [0.29, 0.717) is 11.3 Å². The molecule has 0 unspecified atom stereocenters. The zero-order valence-electron chi connectivity index (χ0n) is 26.4. The highest BCUT2D eigenvalue weighted by atomic mass is 19.1. The van der Waals surface area contributed by atoms with Gasteiger partial charge in [-0.05, 0) is 58.4 Å². The van der Waals surface area contributed by atoms with Gasteiger partial charge in [0.15, 0.2) is 5.82 Å². The maximum atomic E-state index is 13.7. The van der Waals surface area contributed by atoms with Crippen molar-refractivity contribution >= 4 is 35.4 Å². The molecule has 46 heavy (non-hydrogen) atoms. The molecule has 1 aliphatic rings. The molecular weight excluding hydrogens is 595 g/mol. The maximum absolute atomic E-state index is 13.7. The van der Waals surface area contributed by atoms with Gasteiger partial charge in [0.2, 0.25) is 5.91 Å². The summed E-state index contributed by atoms with van der Waals surface area (Å²) in [4.78, 5) is 64.3. The minimum absolute atomic E-state index is 0.0190. The van der Waals surface area contributed by atoms with E-state index in [1.54, 1.807) is 44.7 Å². The Labute approximate surface area is 267 Å². The van der Waals surface area contributed by atoms with Crippen LogP contribution in [0.3, 0.4) is 0 Å². The second-order valence-electron chi connectivity index (χ2n) is 11.6. The van der Waals surface area contributed by atoms with Crippen LogP contribution in [-0.2, 0) is 19.1 Å². The average Bonchev–Trinajstić information content (AvgIpc) is 3.03. The molecule has 0 bridgehead atoms. The number of aromatic nitrogens is 2. The molecule has 12 nitrogen and oxygen atoms in total. The SMILES string of the molecule is CCOC(=O)N1CCN(C(=O)[C@H](CCC(=O)OC(C)(C)C)NC(=O)c2cc(Nc3ccc(F)cc3)nc(-c3ccccc3)n2)CC1. The molecule has 2 aromatic carbocycles. The molecular formula is C33H39FN6O6. The fraction of sp³-hybridized carbons (Fsp3) is 0.394. The van der Waals surface area contributed by atoms with Crippen molar-refractivity contribution in [2.45, 2.75) is 52.2 Å². The summed E-state index contributed by atoms with van der Waals surface area (Å²) in [5, 5.41) is 5.84. The van der Waals surface area contributed by atoms with Crippen molar-refractivity contribution in [1.82, 2.24) is 25.1 Å². The smallest absolute Gasteiger partial charge is 0.409 e. The highest BCUT2D eigenvalue weighted by molar-refractivity contribution is 5.97. The first-order chi connectivity index (χ1) is 21.9. The Kier molecular flexibility index (Phi) is 11.2. The average molecular weight is 635 g/mol. The van der Waals surface area contributed by atoms with Crippen molar-refractivity contribution in [3.05, 3.63) is 72.2 Å². The van der Waals surface area contributed by atoms with Crippen LogP contribution < -0.4 is 10.6 Å². The Morgan fingerprint density at radius 2 is 1.59 bits per heavy atom. The number of rotatable bonds is 10. The fourth-order valence-electron chi connectivity index (χ4n) is 4.71. The number of nitrogens with one attached hydrogen (secondary N) is 2. The maximum Gasteiger partial charge on any atom is 0.409 e. The van der Waals surface area contributed by atoms with Gasteiger partial charge in [0.25, 0.3) is 5.91 Å². The standard InChI is InChI=1S/C33H39FN6O6/c1-5-45-32(44)40-19-17-39(18-20-40)31(43)25(15-16-28(41)46-33(2,3)4)37-30(42)26-21-27(35-24-13-11-23(34)12-14-24)38-29(36-26)22-9-7-6-8-10-22/h6-14,21,25H,5,15-20H2,1-4H3,(H,37,42)(H,35,36,38)/t25-/m0/s1. The van der Waals surface area contributed by atoms with E-state index in [2.05, 4.69) is 20.6 Å². The van der Waals surface area contributed by atoms with Crippen LogP contribution in [0.1, 0.15) is 51.0 Å². The van der Waals surface area contributed by atoms with Gasteiger partial charge in [0, 0.05) is 49.9 Å². The van der Waals surface area contributed by atoms with Crippen LogP contribution in [0, 0.1) is 5.82 Å². The minimum atomic E-state index is -1.09. The van der Waals surface area contributed by atoms with Crippen LogP contribution >= 0.6 is 0 Å². The van der Waals surface area contributed by atoms with Gasteiger partial charge >= 0.3 is 12.1 Å². The van der Waals surface area contributed by atoms with Crippen LogP contribution in [-0.4, -0.2) is 88.1 Å². The van der Waals surface area contributed by atoms with E-state index in [0.717, 1.165) is 0 Å². The summed E-state index contributed by atoms with van der Waals surface area (Å²) >= 11 is 0. The predicted molar refractivity (Wildman–Crippen MR) is 169 cm³/mol. The zero-order valence-corrected chi connectivity index (χ0v) is 26.4. The number of amides is 3. The lowest BCUT2D eigenvalue weighted by atomic mass is 10.1. The first kappa shape index (κ1) is 33.8. The van der Waals surface area contributed by atoms with Crippen LogP contribution in [0.5, 0.6) is 0 Å². The first-order valence-electron chi connectivity index (χ1n) is 15.1. The molecule has 244 valence electrons. The fourth-order valence-corrected chi connectivity index (χ4v) is 4.71. The quantitative estimate of drug-likeness (QED) is 0.307. The molecule has 0 radical (unpaired) electrons. The second-order valence-corrected chi connectivity index (χ2v) is 11.6. The van der Waals surface area contributed by atoms with E-state index >= 15 is 0 Å². The topological polar surface area (TPSA) is 143 Å². The molecule has 13 heteroatoms. The largest absolute Gasteiger partial charge is 0.460 e. The number of anilines is 2. The zero-order chi connectivity index (χ0) is 33.3. The monoisotopic (exact) mass is 634 g/mol. The number of benzene rings is 2. The summed E-state index contributed by atoms with van der Waals surface area (Å²) in [7, 11) is 0. The van der Waals surface area contributed by atoms with Crippen LogP contribution in [0.2, 0.25) is 0 Å². The van der Waals surface area contributed by atoms with Gasteiger partial charge < -0.3 is 29.9 Å². The van der Waals surface area contributed by atoms with Crippen LogP contribution in [0.15, 0.2) is 60.7 Å². The molecule has 2 heterocycles. The number of hydrogen-bond acceptors (Lipinski definition) is 9. The minimum Gasteiger partial charge on any atom is -0.460 e. The molecule has 2 N–H and O–H groups in total. The molecule has 1 atom stereocenters. The molecule has 1 saturated heterocycles. The summed E-state index contributed by atoms with van der Waals surface area (Å²) in [6, 6.07) is 15.0. The summed E-state index contributed by atoms with van der Waals surface area (Å²) in [6.45, 7) is 8.19. The van der Waals surface area contributed by atoms with Gasteiger partial charge in [-0.1, -0.05) is 30.3 Å². The number of carbonyl (C=O) groups excluding carboxylic acids is 4. The van der Waals surface area contributed by atoms with E-state index in [4.69, 9.17) is 9.47 Å². The molecule has 0 aliphatic carbocycles. The van der Waals surface area contributed by atoms with Crippen molar-refractivity contribution in [3.8, 4) is 11.4 Å². The Bertz CT molecular complexity index is 1520. The number of esters is 1. The molecule has 1 fully saturated rings. The van der Waals surface area contributed by atoms with Gasteiger partial charge in [0.05, 0.1) is 6.61 Å². The van der Waals surface area contributed by atoms with Crippen LogP contribution in [0.4, 0.5) is 20.7 Å². The summed E-state index contributed by atoms with van der Waals surface area (Å²) in [5.74, 6) is -1.44. The van der Waals surface area contributed by atoms with Crippen molar-refractivity contribution in [2.75, 3.05) is 38.1 Å². The van der Waals surface area contributed by atoms with E-state index in [1.807, 2.05) is 18.2 Å². The molecule has 3 aromatic rings. The van der Waals surface area contributed by atoms with E-state index in [-0.39, 0.29) is 63.0 Å². The lowest BCUT2D eigenvalue weighted by Crippen LogP contribution is -2.56. The number of piperazine rings is 1. The van der Waals surface area contributed by atoms with Crippen LogP contribution in [0.25, 0.3) is 11.4 Å². The Morgan fingerprint density at radius 1 is 0.935 bits per heavy atom. The Morgan fingerprint density at radius 3 is 2.22 bits per heavy atom. The van der Waals surface area contributed by atoms with E-state index in [1.165, 1.54) is 35.2 Å². The van der Waals surface area contributed by atoms with Gasteiger partial charge in [0.1, 0.15) is 29.0 Å². The normalized spacial score (nSPS) is 13.8. The molecule has 3 amide bonds. The summed E-state index contributed by atoms with van der Waals surface area (Å²) in [5.41, 5.74) is 0.446. The highest BCUT2D eigenvalue weighted by Crippen LogP contribution is 2.22. The summed E-state index contributed by atoms with van der Waals surface area (Å²) < 4.78 is 24.0. The number of carbonyl (C=O) groups is 4. The van der Waals surface area contributed by atoms with E-state index < -0.39 is 41.3 Å². The van der Waals surface area contributed by atoms with Gasteiger partial charge in [-0.3, -0.25) is 14.4 Å². The number of ether oxygens (including phenoxy) is 2. The molecule has 1 aromatic heterocycles. The van der Waals surface area contributed by atoms with Crippen molar-refractivity contribution in [3.63, 3.8) is 0 Å². The van der Waals surface area contributed by atoms with Gasteiger partial charge in [-0.15, -0.1) is 0 Å². The summed E-state index contributed by atoms with van der Waals surface area (Å²) in [6.07, 6.45) is -0.588. The van der Waals surface area contributed by atoms with Crippen molar-refractivity contribution in [1.29, 1.82) is 0 Å². The number of nitrogens with zero attached hydrogens (tertiary/aromatic N) is 4. The third kappa shape index (κ3) is 9.71. The van der Waals surface area contributed by atoms with Gasteiger partial charge in [-0.2, -0.15) is 0 Å². The number of halogens is 1. The van der Waals surface area contributed by atoms with Gasteiger partial charge in [-0.25, -0.2) is 19.2 Å². The molecule has 1 aliphatic heterocycles. The molecule has 4 rings (SSSR count). The first-order valence-corrected chi connectivity index (χ1v) is 15.1. The van der Waals surface area contributed by atoms with Crippen molar-refractivity contribution in [2.24, 2.45) is 0 Å². The third-order valence-corrected chi connectivity index (χ3v) is 6.89. The second kappa shape index (κ2) is 15.3. The Hall–Kier alpha value is -5.07. The number of hydrogen-bond donors (Lipinski definition) is 2. The Balaban J connectivity index is 1.57. The third-order valence-electron chi connectivity index (χ3n) is 6.89. The van der Waals surface area contributed by atoms with Crippen molar-refractivity contribution < 1.29 is 33.0 Å². The molecule has 0 spiro atoms. The van der Waals surface area contributed by atoms with E-state index in [9.17, 15) is 23.6 Å².